The van der Waals surface area contributed by atoms with Crippen molar-refractivity contribution in [1.82, 2.24) is 4.90 Å². The number of cyclic esters (lactones) is 1. The van der Waals surface area contributed by atoms with Crippen LogP contribution in [0.5, 0.6) is 0 Å². The second-order valence-corrected chi connectivity index (χ2v) is 17.2. The molecule has 0 aliphatic carbocycles. The number of hydrogen-bond acceptors (Lipinski definition) is 16. The van der Waals surface area contributed by atoms with Crippen molar-refractivity contribution >= 4 is 24.2 Å². The van der Waals surface area contributed by atoms with Crippen molar-refractivity contribution in [3.63, 3.8) is 0 Å². The monoisotopic (exact) mass is 841 g/mol. The zero-order chi connectivity index (χ0) is 44.2. The lowest BCUT2D eigenvalue weighted by molar-refractivity contribution is -0.344. The number of aldehydes is 1. The van der Waals surface area contributed by atoms with E-state index >= 15 is 0 Å². The van der Waals surface area contributed by atoms with Gasteiger partial charge in [-0.3, -0.25) is 14.4 Å². The quantitative estimate of drug-likeness (QED) is 0.138. The predicted octanol–water partition coefficient (Wildman–Crippen LogP) is 3.40. The van der Waals surface area contributed by atoms with Crippen LogP contribution in [0.2, 0.25) is 0 Å². The molecule has 0 aromatic rings. The molecule has 0 radical (unpaired) electrons. The summed E-state index contributed by atoms with van der Waals surface area (Å²) in [6, 6.07) is -0.782. The first-order valence-corrected chi connectivity index (χ1v) is 21.0. The highest BCUT2D eigenvalue weighted by atomic mass is 16.7. The van der Waals surface area contributed by atoms with E-state index in [1.807, 2.05) is 26.8 Å². The molecule has 0 aromatic heterocycles. The topological polar surface area (TPSA) is 206 Å². The highest BCUT2D eigenvalue weighted by Gasteiger charge is 2.53. The maximum absolute atomic E-state index is 13.3. The first-order valence-electron chi connectivity index (χ1n) is 21.0. The summed E-state index contributed by atoms with van der Waals surface area (Å²) in [4.78, 5) is 52.8. The first kappa shape index (κ1) is 50.6. The number of carbonyl (C=O) groups is 4. The molecule has 3 N–H and O–H groups in total. The number of hydrogen-bond donors (Lipinski definition) is 3. The standard InChI is InChI=1S/C43H71NO15/c1-12-32(47)56-31-22-34(49)53-26(5)16-14-13-15-17-30(46)25(4)21-29(18-19-45)39(40(31)52-11)59-42-37(50)36(44(9)10)38(27(6)55-42)58-35-23-43(8,51)41(28(7)54-35)57-33(48)20-24(2)3/h13-15,17,19,24-31,35-42,46,50-51H,12,16,18,20-23H2,1-11H3/b14-13+,17-15+/t25-,26-,27+,28+,29+,30+,31-,35-,36+,37-,38+,39+,40+,41-,42+,43-/m1/s1. The van der Waals surface area contributed by atoms with Gasteiger partial charge in [-0.2, -0.15) is 0 Å². The molecule has 0 unspecified atom stereocenters. The Morgan fingerprint density at radius 3 is 2.29 bits per heavy atom. The Labute approximate surface area is 349 Å². The van der Waals surface area contributed by atoms with E-state index in [0.717, 1.165) is 6.29 Å². The number of ether oxygens (including phenoxy) is 8. The van der Waals surface area contributed by atoms with Crippen LogP contribution in [0.3, 0.4) is 0 Å². The number of aliphatic hydroxyl groups is 3. The fourth-order valence-electron chi connectivity index (χ4n) is 8.12. The van der Waals surface area contributed by atoms with E-state index in [1.54, 1.807) is 71.8 Å². The Morgan fingerprint density at radius 2 is 1.69 bits per heavy atom. The van der Waals surface area contributed by atoms with Gasteiger partial charge in [-0.05, 0) is 66.0 Å². The summed E-state index contributed by atoms with van der Waals surface area (Å²) in [6.07, 6.45) is -4.07. The minimum absolute atomic E-state index is 0.00123. The van der Waals surface area contributed by atoms with E-state index in [9.17, 15) is 34.5 Å². The fraction of sp³-hybridized carbons (Fsp3) is 0.814. The average molecular weight is 842 g/mol. The lowest BCUT2D eigenvalue weighted by Gasteiger charge is -2.50. The molecule has 3 aliphatic rings. The summed E-state index contributed by atoms with van der Waals surface area (Å²) in [5.41, 5.74) is -1.50. The number of nitrogens with zero attached hydrogens (tertiary/aromatic N) is 1. The third kappa shape index (κ3) is 14.7. The summed E-state index contributed by atoms with van der Waals surface area (Å²) >= 11 is 0. The number of allylic oxidation sites excluding steroid dienone is 2. The van der Waals surface area contributed by atoms with Crippen LogP contribution >= 0.6 is 0 Å². The molecule has 3 heterocycles. The molecule has 0 saturated carbocycles. The second-order valence-electron chi connectivity index (χ2n) is 17.2. The van der Waals surface area contributed by atoms with Gasteiger partial charge in [-0.25, -0.2) is 0 Å². The minimum Gasteiger partial charge on any atom is -0.462 e. The van der Waals surface area contributed by atoms with Crippen molar-refractivity contribution in [2.75, 3.05) is 21.2 Å². The normalized spacial score (nSPS) is 40.2. The molecule has 2 saturated heterocycles. The molecule has 3 rings (SSSR count). The molecular formula is C43H71NO15. The minimum atomic E-state index is -1.50. The fourth-order valence-corrected chi connectivity index (χ4v) is 8.12. The zero-order valence-corrected chi connectivity index (χ0v) is 36.8. The van der Waals surface area contributed by atoms with E-state index in [4.69, 9.17) is 37.9 Å². The van der Waals surface area contributed by atoms with Gasteiger partial charge in [-0.15, -0.1) is 0 Å². The molecule has 0 spiro atoms. The second kappa shape index (κ2) is 23.4. The maximum Gasteiger partial charge on any atom is 0.309 e. The van der Waals surface area contributed by atoms with Crippen LogP contribution in [-0.2, 0) is 57.1 Å². The Bertz CT molecular complexity index is 1400. The third-order valence-corrected chi connectivity index (χ3v) is 11.2. The molecule has 59 heavy (non-hydrogen) atoms. The number of rotatable bonds is 13. The van der Waals surface area contributed by atoms with Gasteiger partial charge in [-0.1, -0.05) is 52.0 Å². The highest BCUT2D eigenvalue weighted by molar-refractivity contribution is 5.72. The van der Waals surface area contributed by atoms with E-state index in [-0.39, 0.29) is 38.0 Å². The van der Waals surface area contributed by atoms with Gasteiger partial charge in [0.15, 0.2) is 18.7 Å². The molecule has 2 fully saturated rings. The van der Waals surface area contributed by atoms with Gasteiger partial charge in [0.25, 0.3) is 0 Å². The van der Waals surface area contributed by atoms with Crippen molar-refractivity contribution in [2.45, 2.75) is 186 Å². The maximum atomic E-state index is 13.3. The predicted molar refractivity (Wildman–Crippen MR) is 214 cm³/mol. The Hall–Kier alpha value is -2.80. The van der Waals surface area contributed by atoms with Gasteiger partial charge in [0.05, 0.1) is 36.9 Å². The van der Waals surface area contributed by atoms with E-state index in [1.165, 1.54) is 7.11 Å². The highest BCUT2D eigenvalue weighted by Crippen LogP contribution is 2.38. The Balaban J connectivity index is 1.99. The van der Waals surface area contributed by atoms with E-state index in [0.29, 0.717) is 6.42 Å². The lowest BCUT2D eigenvalue weighted by atomic mass is 9.82. The molecule has 3 aliphatic heterocycles. The van der Waals surface area contributed by atoms with Crippen LogP contribution in [0.1, 0.15) is 100 Å². The van der Waals surface area contributed by atoms with Crippen LogP contribution in [0.25, 0.3) is 0 Å². The van der Waals surface area contributed by atoms with Gasteiger partial charge < -0.3 is 62.9 Å². The van der Waals surface area contributed by atoms with Gasteiger partial charge >= 0.3 is 17.9 Å². The summed E-state index contributed by atoms with van der Waals surface area (Å²) in [5.74, 6) is -2.72. The van der Waals surface area contributed by atoms with Crippen LogP contribution in [0.4, 0.5) is 0 Å². The van der Waals surface area contributed by atoms with Crippen molar-refractivity contribution in [1.29, 1.82) is 0 Å². The smallest absolute Gasteiger partial charge is 0.309 e. The van der Waals surface area contributed by atoms with Crippen molar-refractivity contribution < 1.29 is 72.4 Å². The molecule has 0 amide bonds. The van der Waals surface area contributed by atoms with Gasteiger partial charge in [0.1, 0.15) is 42.4 Å². The number of aliphatic hydroxyl groups excluding tert-OH is 2. The summed E-state index contributed by atoms with van der Waals surface area (Å²) in [7, 11) is 4.87. The number of esters is 3. The molecule has 338 valence electrons. The number of carbonyl (C=O) groups excluding carboxylic acids is 4. The number of likely N-dealkylation sites (N-methyl/N-ethyl adjacent to an activating group) is 1. The summed E-state index contributed by atoms with van der Waals surface area (Å²) in [5, 5.41) is 34.7. The average Bonchev–Trinajstić information content (AvgIpc) is 3.13. The largest absolute Gasteiger partial charge is 0.462 e. The van der Waals surface area contributed by atoms with Gasteiger partial charge in [0.2, 0.25) is 0 Å². The molecule has 0 bridgehead atoms. The summed E-state index contributed by atoms with van der Waals surface area (Å²) < 4.78 is 48.9. The molecule has 0 aromatic carbocycles. The van der Waals surface area contributed by atoms with Gasteiger partial charge in [0, 0.05) is 39.2 Å². The molecular weight excluding hydrogens is 770 g/mol. The summed E-state index contributed by atoms with van der Waals surface area (Å²) in [6.45, 7) is 14.0. The third-order valence-electron chi connectivity index (χ3n) is 11.2. The molecule has 16 heteroatoms. The molecule has 16 nitrogen and oxygen atoms in total. The van der Waals surface area contributed by atoms with Crippen LogP contribution in [-0.4, -0.2) is 151 Å². The number of methoxy groups -OCH3 is 1. The Kier molecular flexibility index (Phi) is 20.1. The van der Waals surface area contributed by atoms with E-state index in [2.05, 4.69) is 0 Å². The SMILES string of the molecule is CCC(=O)O[C@@H]1CC(=O)O[C@H](C)C/C=C/C=C/[C@H](O)[C@H](C)C[C@H](CC=O)[C@H](O[C@@H]2O[C@@H](C)[C@H](O[C@@H]3C[C@@](C)(O)[C@H](OC(=O)CC(C)C)[C@H](C)O3)[C@@H](N(C)C)[C@H]2O)[C@H]1OC. The van der Waals surface area contributed by atoms with Crippen LogP contribution < -0.4 is 0 Å². The van der Waals surface area contributed by atoms with Crippen molar-refractivity contribution in [3.05, 3.63) is 24.3 Å². The lowest BCUT2D eigenvalue weighted by Crippen LogP contribution is -2.66. The van der Waals surface area contributed by atoms with Crippen LogP contribution in [0.15, 0.2) is 24.3 Å². The first-order chi connectivity index (χ1) is 27.7. The molecule has 16 atom stereocenters. The Morgan fingerprint density at radius 1 is 1.00 bits per heavy atom. The van der Waals surface area contributed by atoms with Crippen molar-refractivity contribution in [3.8, 4) is 0 Å². The zero-order valence-electron chi connectivity index (χ0n) is 36.8. The van der Waals surface area contributed by atoms with Crippen LogP contribution in [0, 0.1) is 17.8 Å². The van der Waals surface area contributed by atoms with Crippen molar-refractivity contribution in [2.24, 2.45) is 17.8 Å². The van der Waals surface area contributed by atoms with E-state index < -0.39 is 121 Å².